The van der Waals surface area contributed by atoms with Crippen LogP contribution >= 0.6 is 11.3 Å². The van der Waals surface area contributed by atoms with Gasteiger partial charge in [0.15, 0.2) is 0 Å². The average Bonchev–Trinajstić information content (AvgIpc) is 3.24. The second-order valence-electron chi connectivity index (χ2n) is 7.16. The minimum atomic E-state index is -0.154. The maximum absolute atomic E-state index is 12.2. The van der Waals surface area contributed by atoms with Crippen LogP contribution in [0.4, 0.5) is 5.69 Å². The van der Waals surface area contributed by atoms with Gasteiger partial charge >= 0.3 is 0 Å². The number of rotatable bonds is 5. The Bertz CT molecular complexity index is 1190. The molecule has 30 heavy (non-hydrogen) atoms. The molecule has 3 aromatic carbocycles. The number of thiazole rings is 1. The van der Waals surface area contributed by atoms with Gasteiger partial charge in [0, 0.05) is 28.3 Å². The molecule has 3 nitrogen and oxygen atoms in total. The smallest absolute Gasteiger partial charge is 0.248 e. The molecule has 0 aliphatic rings. The van der Waals surface area contributed by atoms with Gasteiger partial charge in [-0.3, -0.25) is 4.79 Å². The number of anilines is 1. The zero-order valence-electron chi connectivity index (χ0n) is 16.9. The number of aryl methyl sites for hydroxylation is 2. The molecule has 1 aromatic heterocycles. The minimum absolute atomic E-state index is 0.154. The van der Waals surface area contributed by atoms with E-state index < -0.39 is 0 Å². The maximum Gasteiger partial charge on any atom is 0.248 e. The van der Waals surface area contributed by atoms with Crippen LogP contribution in [0.1, 0.15) is 16.7 Å². The Kier molecular flexibility index (Phi) is 5.87. The number of amides is 1. The Balaban J connectivity index is 1.42. The molecule has 1 amide bonds. The second kappa shape index (κ2) is 8.89. The fraction of sp³-hybridized carbons (Fsp3) is 0.0769. The van der Waals surface area contributed by atoms with Crippen LogP contribution in [-0.2, 0) is 4.79 Å². The average molecular weight is 411 g/mol. The van der Waals surface area contributed by atoms with Gasteiger partial charge in [-0.1, -0.05) is 66.2 Å². The quantitative estimate of drug-likeness (QED) is 0.370. The van der Waals surface area contributed by atoms with Gasteiger partial charge in [0.05, 0.1) is 5.69 Å². The van der Waals surface area contributed by atoms with Crippen molar-refractivity contribution in [2.45, 2.75) is 13.8 Å². The van der Waals surface area contributed by atoms with E-state index in [2.05, 4.69) is 29.8 Å². The third kappa shape index (κ3) is 4.73. The zero-order chi connectivity index (χ0) is 20.9. The lowest BCUT2D eigenvalue weighted by Crippen LogP contribution is -2.07. The van der Waals surface area contributed by atoms with E-state index in [0.29, 0.717) is 0 Å². The summed E-state index contributed by atoms with van der Waals surface area (Å²) in [5.41, 5.74) is 7.30. The lowest BCUT2D eigenvalue weighted by atomic mass is 10.1. The normalized spacial score (nSPS) is 11.0. The highest BCUT2D eigenvalue weighted by molar-refractivity contribution is 7.13. The SMILES string of the molecule is Cc1ccc(/C=C/C(=O)Nc2ccc(-c3csc(-c4ccccc4C)n3)cc2)cc1. The number of benzene rings is 3. The number of carbonyl (C=O) groups is 1. The first-order valence-corrected chi connectivity index (χ1v) is 10.6. The topological polar surface area (TPSA) is 42.0 Å². The monoisotopic (exact) mass is 410 g/mol. The van der Waals surface area contributed by atoms with Crippen LogP contribution in [0.5, 0.6) is 0 Å². The molecule has 4 heteroatoms. The van der Waals surface area contributed by atoms with Crippen LogP contribution < -0.4 is 5.32 Å². The summed E-state index contributed by atoms with van der Waals surface area (Å²) in [5.74, 6) is -0.154. The number of aromatic nitrogens is 1. The molecule has 4 aromatic rings. The molecule has 0 bridgehead atoms. The fourth-order valence-electron chi connectivity index (χ4n) is 3.10. The van der Waals surface area contributed by atoms with Crippen LogP contribution in [0.25, 0.3) is 27.9 Å². The van der Waals surface area contributed by atoms with E-state index in [-0.39, 0.29) is 5.91 Å². The summed E-state index contributed by atoms with van der Waals surface area (Å²) < 4.78 is 0. The number of carbonyl (C=O) groups excluding carboxylic acids is 1. The molecule has 148 valence electrons. The van der Waals surface area contributed by atoms with Crippen molar-refractivity contribution >= 4 is 29.0 Å². The van der Waals surface area contributed by atoms with Gasteiger partial charge in [0.2, 0.25) is 5.91 Å². The Labute approximate surface area is 180 Å². The summed E-state index contributed by atoms with van der Waals surface area (Å²) >= 11 is 1.64. The van der Waals surface area contributed by atoms with Crippen molar-refractivity contribution in [1.29, 1.82) is 0 Å². The molecule has 4 rings (SSSR count). The molecule has 1 heterocycles. The van der Waals surface area contributed by atoms with E-state index in [1.165, 1.54) is 11.1 Å². The third-order valence-corrected chi connectivity index (χ3v) is 5.71. The van der Waals surface area contributed by atoms with Crippen molar-refractivity contribution in [2.24, 2.45) is 0 Å². The molecule has 0 unspecified atom stereocenters. The minimum Gasteiger partial charge on any atom is -0.323 e. The van der Waals surface area contributed by atoms with E-state index in [1.54, 1.807) is 17.4 Å². The summed E-state index contributed by atoms with van der Waals surface area (Å²) in [4.78, 5) is 17.0. The Morgan fingerprint density at radius 1 is 0.933 bits per heavy atom. The number of nitrogens with one attached hydrogen (secondary N) is 1. The first-order valence-electron chi connectivity index (χ1n) is 9.76. The molecule has 0 saturated heterocycles. The fourth-order valence-corrected chi connectivity index (χ4v) is 4.02. The molecule has 0 fully saturated rings. The van der Waals surface area contributed by atoms with Crippen LogP contribution in [-0.4, -0.2) is 10.9 Å². The predicted octanol–water partition coefficient (Wildman–Crippen LogP) is 6.75. The Morgan fingerprint density at radius 2 is 1.67 bits per heavy atom. The highest BCUT2D eigenvalue weighted by Crippen LogP contribution is 2.31. The van der Waals surface area contributed by atoms with Crippen molar-refractivity contribution in [1.82, 2.24) is 4.98 Å². The molecule has 1 N–H and O–H groups in total. The first kappa shape index (κ1) is 19.8. The third-order valence-electron chi connectivity index (χ3n) is 4.83. The Morgan fingerprint density at radius 3 is 2.40 bits per heavy atom. The van der Waals surface area contributed by atoms with Gasteiger partial charge in [-0.25, -0.2) is 4.98 Å². The van der Waals surface area contributed by atoms with Crippen LogP contribution in [0.2, 0.25) is 0 Å². The van der Waals surface area contributed by atoms with Gasteiger partial charge < -0.3 is 5.32 Å². The van der Waals surface area contributed by atoms with Crippen LogP contribution in [0, 0.1) is 13.8 Å². The molecule has 0 saturated carbocycles. The first-order chi connectivity index (χ1) is 14.6. The molecule has 0 spiro atoms. The Hall–Kier alpha value is -3.50. The molecular weight excluding hydrogens is 388 g/mol. The van der Waals surface area contributed by atoms with E-state index in [9.17, 15) is 4.79 Å². The van der Waals surface area contributed by atoms with Gasteiger partial charge in [-0.05, 0) is 43.2 Å². The largest absolute Gasteiger partial charge is 0.323 e. The number of hydrogen-bond donors (Lipinski definition) is 1. The summed E-state index contributed by atoms with van der Waals surface area (Å²) in [6, 6.07) is 24.1. The van der Waals surface area contributed by atoms with E-state index >= 15 is 0 Å². The molecule has 0 radical (unpaired) electrons. The maximum atomic E-state index is 12.2. The van der Waals surface area contributed by atoms with Gasteiger partial charge in [0.1, 0.15) is 5.01 Å². The summed E-state index contributed by atoms with van der Waals surface area (Å²) in [6.07, 6.45) is 3.36. The summed E-state index contributed by atoms with van der Waals surface area (Å²) in [5, 5.41) is 5.98. The van der Waals surface area contributed by atoms with Crippen LogP contribution in [0.15, 0.2) is 84.3 Å². The highest BCUT2D eigenvalue weighted by Gasteiger charge is 2.09. The van der Waals surface area contributed by atoms with Crippen LogP contribution in [0.3, 0.4) is 0 Å². The second-order valence-corrected chi connectivity index (χ2v) is 8.02. The van der Waals surface area contributed by atoms with E-state index in [4.69, 9.17) is 4.98 Å². The number of nitrogens with zero attached hydrogens (tertiary/aromatic N) is 1. The van der Waals surface area contributed by atoms with E-state index in [0.717, 1.165) is 33.1 Å². The summed E-state index contributed by atoms with van der Waals surface area (Å²) in [7, 11) is 0. The molecule has 0 atom stereocenters. The lowest BCUT2D eigenvalue weighted by molar-refractivity contribution is -0.111. The standard InChI is InChI=1S/C26H22N2OS/c1-18-7-9-20(10-8-18)11-16-25(29)27-22-14-12-21(13-15-22)24-17-30-26(28-24)23-6-4-3-5-19(23)2/h3-17H,1-2H3,(H,27,29)/b16-11+. The van der Waals surface area contributed by atoms with Crippen molar-refractivity contribution in [3.05, 3.63) is 101 Å². The molecular formula is C26H22N2OS. The van der Waals surface area contributed by atoms with Gasteiger partial charge in [-0.2, -0.15) is 0 Å². The summed E-state index contributed by atoms with van der Waals surface area (Å²) in [6.45, 7) is 4.14. The molecule has 0 aliphatic heterocycles. The van der Waals surface area contributed by atoms with Crippen molar-refractivity contribution in [2.75, 3.05) is 5.32 Å². The molecule has 0 aliphatic carbocycles. The van der Waals surface area contributed by atoms with Crippen molar-refractivity contribution < 1.29 is 4.79 Å². The van der Waals surface area contributed by atoms with Crippen molar-refractivity contribution in [3.8, 4) is 21.8 Å². The number of hydrogen-bond acceptors (Lipinski definition) is 3. The van der Waals surface area contributed by atoms with Gasteiger partial charge in [0.25, 0.3) is 0 Å². The van der Waals surface area contributed by atoms with Crippen molar-refractivity contribution in [3.63, 3.8) is 0 Å². The lowest BCUT2D eigenvalue weighted by Gasteiger charge is -2.04. The van der Waals surface area contributed by atoms with E-state index in [1.807, 2.05) is 73.7 Å². The predicted molar refractivity (Wildman–Crippen MR) is 127 cm³/mol. The van der Waals surface area contributed by atoms with Gasteiger partial charge in [-0.15, -0.1) is 11.3 Å². The highest BCUT2D eigenvalue weighted by atomic mass is 32.1. The zero-order valence-corrected chi connectivity index (χ0v) is 17.7.